The first-order chi connectivity index (χ1) is 10.2. The summed E-state index contributed by atoms with van der Waals surface area (Å²) in [5.74, 6) is 0.333. The number of nitrogens with zero attached hydrogens (tertiary/aromatic N) is 2. The zero-order valence-corrected chi connectivity index (χ0v) is 11.3. The minimum Gasteiger partial charge on any atom is -0.453 e. The third-order valence-electron chi connectivity index (χ3n) is 2.97. The molecule has 0 spiro atoms. The van der Waals surface area contributed by atoms with Crippen molar-refractivity contribution in [1.29, 1.82) is 0 Å². The van der Waals surface area contributed by atoms with E-state index in [0.29, 0.717) is 11.6 Å². The van der Waals surface area contributed by atoms with E-state index < -0.39 is 6.09 Å². The minimum absolute atomic E-state index is 0.333. The van der Waals surface area contributed by atoms with Crippen LogP contribution in [0.2, 0.25) is 0 Å². The lowest BCUT2D eigenvalue weighted by Crippen LogP contribution is -2.11. The molecule has 0 aliphatic heterocycles. The number of benzene rings is 1. The molecule has 0 fully saturated rings. The van der Waals surface area contributed by atoms with Gasteiger partial charge in [-0.1, -0.05) is 6.07 Å². The SMILES string of the molecule is COC(=O)Nc1nc2cc(-c3ccc(N)cn3)ccc2[nH]1. The fourth-order valence-electron chi connectivity index (χ4n) is 1.95. The van der Waals surface area contributed by atoms with Crippen molar-refractivity contribution in [2.75, 3.05) is 18.2 Å². The van der Waals surface area contributed by atoms with Gasteiger partial charge in [-0.3, -0.25) is 10.3 Å². The molecule has 0 aliphatic carbocycles. The molecule has 2 heterocycles. The van der Waals surface area contributed by atoms with Crippen LogP contribution in [0.5, 0.6) is 0 Å². The second kappa shape index (κ2) is 5.12. The Morgan fingerprint density at radius 3 is 2.90 bits per heavy atom. The predicted octanol–water partition coefficient (Wildman–Crippen LogP) is 2.39. The number of methoxy groups -OCH3 is 1. The highest BCUT2D eigenvalue weighted by molar-refractivity contribution is 5.87. The molecule has 7 heteroatoms. The van der Waals surface area contributed by atoms with Crippen LogP contribution in [0.1, 0.15) is 0 Å². The van der Waals surface area contributed by atoms with E-state index in [1.807, 2.05) is 24.3 Å². The lowest BCUT2D eigenvalue weighted by molar-refractivity contribution is 0.186. The third kappa shape index (κ3) is 2.62. The van der Waals surface area contributed by atoms with Crippen molar-refractivity contribution in [1.82, 2.24) is 15.0 Å². The number of pyridine rings is 1. The summed E-state index contributed by atoms with van der Waals surface area (Å²) in [6.45, 7) is 0. The molecule has 106 valence electrons. The first-order valence-electron chi connectivity index (χ1n) is 6.22. The molecule has 21 heavy (non-hydrogen) atoms. The van der Waals surface area contributed by atoms with Crippen LogP contribution >= 0.6 is 0 Å². The van der Waals surface area contributed by atoms with Crippen LogP contribution in [0.3, 0.4) is 0 Å². The fraction of sp³-hybridized carbons (Fsp3) is 0.0714. The van der Waals surface area contributed by atoms with Gasteiger partial charge >= 0.3 is 6.09 Å². The van der Waals surface area contributed by atoms with Gasteiger partial charge in [0, 0.05) is 5.56 Å². The summed E-state index contributed by atoms with van der Waals surface area (Å²) in [4.78, 5) is 22.7. The smallest absolute Gasteiger partial charge is 0.413 e. The molecule has 1 aromatic carbocycles. The Kier molecular flexibility index (Phi) is 3.15. The number of imidazole rings is 1. The van der Waals surface area contributed by atoms with Gasteiger partial charge in [0.2, 0.25) is 5.95 Å². The molecule has 4 N–H and O–H groups in total. The van der Waals surface area contributed by atoms with E-state index >= 15 is 0 Å². The van der Waals surface area contributed by atoms with Crippen LogP contribution in [0.25, 0.3) is 22.3 Å². The summed E-state index contributed by atoms with van der Waals surface area (Å²) >= 11 is 0. The summed E-state index contributed by atoms with van der Waals surface area (Å²) in [5.41, 5.74) is 9.49. The molecule has 3 rings (SSSR count). The fourth-order valence-corrected chi connectivity index (χ4v) is 1.95. The Morgan fingerprint density at radius 2 is 2.19 bits per heavy atom. The number of nitrogen functional groups attached to an aromatic ring is 1. The van der Waals surface area contributed by atoms with Gasteiger partial charge in [-0.25, -0.2) is 9.78 Å². The number of ether oxygens (including phenoxy) is 1. The van der Waals surface area contributed by atoms with Gasteiger partial charge in [-0.05, 0) is 24.3 Å². The Morgan fingerprint density at radius 1 is 1.33 bits per heavy atom. The monoisotopic (exact) mass is 283 g/mol. The van der Waals surface area contributed by atoms with Gasteiger partial charge in [0.05, 0.1) is 35.7 Å². The van der Waals surface area contributed by atoms with Crippen molar-refractivity contribution in [3.8, 4) is 11.3 Å². The summed E-state index contributed by atoms with van der Waals surface area (Å²) in [5, 5.41) is 2.49. The van der Waals surface area contributed by atoms with Crippen molar-refractivity contribution >= 4 is 28.8 Å². The highest BCUT2D eigenvalue weighted by Crippen LogP contribution is 2.23. The molecule has 0 atom stereocenters. The van der Waals surface area contributed by atoms with Gasteiger partial charge in [0.15, 0.2) is 0 Å². The number of fused-ring (bicyclic) bond motifs is 1. The molecule has 3 aromatic rings. The number of aromatic nitrogens is 3. The van der Waals surface area contributed by atoms with E-state index in [1.165, 1.54) is 7.11 Å². The van der Waals surface area contributed by atoms with Gasteiger partial charge in [-0.2, -0.15) is 0 Å². The number of aromatic amines is 1. The van der Waals surface area contributed by atoms with Crippen molar-refractivity contribution in [3.63, 3.8) is 0 Å². The predicted molar refractivity (Wildman–Crippen MR) is 79.8 cm³/mol. The summed E-state index contributed by atoms with van der Waals surface area (Å²) in [6, 6.07) is 9.31. The van der Waals surface area contributed by atoms with Crippen LogP contribution in [0, 0.1) is 0 Å². The van der Waals surface area contributed by atoms with E-state index in [4.69, 9.17) is 5.73 Å². The van der Waals surface area contributed by atoms with Crippen molar-refractivity contribution in [2.24, 2.45) is 0 Å². The number of H-pyrrole nitrogens is 1. The lowest BCUT2D eigenvalue weighted by atomic mass is 10.1. The minimum atomic E-state index is -0.575. The van der Waals surface area contributed by atoms with E-state index in [2.05, 4.69) is 25.0 Å². The number of nitrogens with one attached hydrogen (secondary N) is 2. The Bertz CT molecular complexity index is 795. The molecule has 2 aromatic heterocycles. The topological polar surface area (TPSA) is 106 Å². The first-order valence-corrected chi connectivity index (χ1v) is 6.22. The lowest BCUT2D eigenvalue weighted by Gasteiger charge is -2.00. The molecule has 0 aliphatic rings. The van der Waals surface area contributed by atoms with Crippen molar-refractivity contribution in [3.05, 3.63) is 36.5 Å². The van der Waals surface area contributed by atoms with Crippen molar-refractivity contribution in [2.45, 2.75) is 0 Å². The van der Waals surface area contributed by atoms with Crippen LogP contribution in [-0.2, 0) is 4.74 Å². The zero-order valence-electron chi connectivity index (χ0n) is 11.3. The average molecular weight is 283 g/mol. The zero-order chi connectivity index (χ0) is 14.8. The van der Waals surface area contributed by atoms with Crippen LogP contribution in [0.15, 0.2) is 36.5 Å². The average Bonchev–Trinajstić information content (AvgIpc) is 2.89. The van der Waals surface area contributed by atoms with Gasteiger partial charge in [-0.15, -0.1) is 0 Å². The molecule has 1 amide bonds. The maximum Gasteiger partial charge on any atom is 0.413 e. The van der Waals surface area contributed by atoms with Gasteiger partial charge in [0.1, 0.15) is 0 Å². The Hall–Kier alpha value is -3.09. The van der Waals surface area contributed by atoms with Crippen LogP contribution in [-0.4, -0.2) is 28.2 Å². The molecular weight excluding hydrogens is 270 g/mol. The molecular formula is C14H13N5O2. The van der Waals surface area contributed by atoms with E-state index in [9.17, 15) is 4.79 Å². The number of carbonyl (C=O) groups excluding carboxylic acids is 1. The normalized spacial score (nSPS) is 10.5. The second-order valence-electron chi connectivity index (χ2n) is 4.41. The number of nitrogens with two attached hydrogens (primary N) is 1. The maximum atomic E-state index is 11.2. The largest absolute Gasteiger partial charge is 0.453 e. The summed E-state index contributed by atoms with van der Waals surface area (Å²) in [7, 11) is 1.29. The number of anilines is 2. The molecule has 7 nitrogen and oxygen atoms in total. The number of hydrogen-bond acceptors (Lipinski definition) is 5. The van der Waals surface area contributed by atoms with Gasteiger partial charge < -0.3 is 15.5 Å². The Balaban J connectivity index is 1.96. The molecule has 0 unspecified atom stereocenters. The number of rotatable bonds is 2. The van der Waals surface area contributed by atoms with Crippen LogP contribution < -0.4 is 11.1 Å². The summed E-state index contributed by atoms with van der Waals surface area (Å²) in [6.07, 6.45) is 1.03. The highest BCUT2D eigenvalue weighted by Gasteiger charge is 2.08. The van der Waals surface area contributed by atoms with Crippen molar-refractivity contribution < 1.29 is 9.53 Å². The molecule has 0 saturated heterocycles. The van der Waals surface area contributed by atoms with E-state index in [0.717, 1.165) is 22.3 Å². The quantitative estimate of drug-likeness (QED) is 0.669. The second-order valence-corrected chi connectivity index (χ2v) is 4.41. The number of hydrogen-bond donors (Lipinski definition) is 3. The van der Waals surface area contributed by atoms with E-state index in [-0.39, 0.29) is 0 Å². The molecule has 0 bridgehead atoms. The maximum absolute atomic E-state index is 11.2. The number of carbonyl (C=O) groups is 1. The molecule has 0 saturated carbocycles. The summed E-state index contributed by atoms with van der Waals surface area (Å²) < 4.78 is 4.52. The number of amides is 1. The Labute approximate surface area is 120 Å². The van der Waals surface area contributed by atoms with Gasteiger partial charge in [0.25, 0.3) is 0 Å². The first kappa shape index (κ1) is 12.9. The van der Waals surface area contributed by atoms with E-state index in [1.54, 1.807) is 12.3 Å². The highest BCUT2D eigenvalue weighted by atomic mass is 16.5. The van der Waals surface area contributed by atoms with Crippen LogP contribution in [0.4, 0.5) is 16.4 Å². The molecule has 0 radical (unpaired) electrons. The third-order valence-corrected chi connectivity index (χ3v) is 2.97. The standard InChI is InChI=1S/C14H13N5O2/c1-21-14(20)19-13-17-11-4-2-8(6-12(11)18-13)10-5-3-9(15)7-16-10/h2-7H,15H2,1H3,(H2,17,18,19,20).